The summed E-state index contributed by atoms with van der Waals surface area (Å²) in [5.74, 6) is 8.91. The Bertz CT molecular complexity index is 2250. The fourth-order valence-corrected chi connectivity index (χ4v) is 9.73. The third kappa shape index (κ3) is 42.8. The number of hydrogen-bond donors (Lipinski definition) is 1. The number of nitrogens with zero attached hydrogens (tertiary/aromatic N) is 5. The van der Waals surface area contributed by atoms with Crippen LogP contribution in [0.4, 0.5) is 0 Å². The summed E-state index contributed by atoms with van der Waals surface area (Å²) in [5, 5.41) is 7.08. The summed E-state index contributed by atoms with van der Waals surface area (Å²) in [6.07, 6.45) is 17.0. The summed E-state index contributed by atoms with van der Waals surface area (Å²) in [5.41, 5.74) is 18.1. The highest BCUT2D eigenvalue weighted by Crippen LogP contribution is 2.30. The van der Waals surface area contributed by atoms with E-state index in [0.717, 1.165) is 25.3 Å². The summed E-state index contributed by atoms with van der Waals surface area (Å²) in [7, 11) is 0. The molecule has 7 heteroatoms. The lowest BCUT2D eigenvalue weighted by atomic mass is 9.91. The normalized spacial score (nSPS) is 12.2. The molecular weight excluding hydrogens is 1130 g/mol. The van der Waals surface area contributed by atoms with E-state index in [4.69, 9.17) is 4.74 Å². The summed E-state index contributed by atoms with van der Waals surface area (Å²) >= 11 is 0. The van der Waals surface area contributed by atoms with Crippen molar-refractivity contribution in [3.05, 3.63) is 158 Å². The quantitative estimate of drug-likeness (QED) is 0.144. The second kappa shape index (κ2) is 62.9. The Morgan fingerprint density at radius 1 is 0.409 bits per heavy atom. The SMILES string of the molecule is CC.CC.CC.CC.CC.CC.CC.CC(C)C1=C(C(C)C)CN=C1.CC(C)C1=C(C(C)C)N=CC1.CC(C)c1ccccc1C(C)C.CC(C)c1cccnc1C(C)C.CC(C)c1ccncc1C(C)C.CC(C)c1cn[nH]c1C(C)C.CC1=C(C(C)C)OCC=C1. The predicted octanol–water partition coefficient (Wildman–Crippen LogP) is 28.6. The molecule has 0 amide bonds. The molecule has 0 fully saturated rings. The standard InChI is InChI=1S/C12H18.2C11H17N.2C10H17N.C9H16N2.C9H14O.7C2H6/c1-9(2)11-7-5-6-8-12(11)10(3)4;1-8(2)10-5-6-12-7-11(10)9(3)4;1-8(2)10-6-5-7-12-11(10)9(3)4;1-7(2)9-5-11-6-10(9)8(3)4;1-7(2)9-5-6-11-10(9)8(3)4;1-6(2)8-5-10-11-9(8)7(3)4;1-7(2)9-8(3)5-4-6-10-9;7*1-2/h5-10H,1-4H3;2*5-9H,1-4H3;5,7-8H,6H2,1-4H3;6-8H,5H2,1-4H3;5-7H,1-4H3,(H,10,11);4-5,7H,6H2,1-3H3;7*1-2H3. The van der Waals surface area contributed by atoms with Gasteiger partial charge in [0.2, 0.25) is 0 Å². The average Bonchev–Trinajstić information content (AvgIpc) is 2.11. The third-order valence-electron chi connectivity index (χ3n) is 14.2. The van der Waals surface area contributed by atoms with Crippen LogP contribution in [-0.2, 0) is 4.74 Å². The van der Waals surface area contributed by atoms with E-state index in [2.05, 4.69) is 260 Å². The molecule has 1 N–H and O–H groups in total. The number of allylic oxidation sites excluding steroid dienone is 6. The number of benzene rings is 1. The van der Waals surface area contributed by atoms with Crippen molar-refractivity contribution in [2.24, 2.45) is 39.6 Å². The molecule has 538 valence electrons. The molecule has 4 aromatic rings. The van der Waals surface area contributed by atoms with Crippen molar-refractivity contribution in [1.82, 2.24) is 20.2 Å². The van der Waals surface area contributed by atoms with Gasteiger partial charge >= 0.3 is 0 Å². The zero-order valence-corrected chi connectivity index (χ0v) is 69.4. The minimum atomic E-state index is 0.518. The Morgan fingerprint density at radius 2 is 0.849 bits per heavy atom. The van der Waals surface area contributed by atoms with E-state index < -0.39 is 0 Å². The van der Waals surface area contributed by atoms with Gasteiger partial charge in [0, 0.05) is 60.4 Å². The van der Waals surface area contributed by atoms with Crippen molar-refractivity contribution in [2.75, 3.05) is 13.2 Å². The monoisotopic (exact) mass is 1290 g/mol. The highest BCUT2D eigenvalue weighted by atomic mass is 16.5. The third-order valence-corrected chi connectivity index (χ3v) is 14.2. The fourth-order valence-electron chi connectivity index (χ4n) is 9.73. The van der Waals surface area contributed by atoms with E-state index in [1.807, 2.05) is 146 Å². The van der Waals surface area contributed by atoms with Gasteiger partial charge in [-0.25, -0.2) is 0 Å². The molecule has 3 aromatic heterocycles. The van der Waals surface area contributed by atoms with Crippen LogP contribution in [0.25, 0.3) is 0 Å². The zero-order chi connectivity index (χ0) is 74.3. The second-order valence-electron chi connectivity index (χ2n) is 25.5. The number of aliphatic imine (C=N–C) groups is 2. The molecule has 6 heterocycles. The summed E-state index contributed by atoms with van der Waals surface area (Å²) in [6.45, 7) is 89.3. The molecule has 0 saturated carbocycles. The highest BCUT2D eigenvalue weighted by molar-refractivity contribution is 5.83. The highest BCUT2D eigenvalue weighted by Gasteiger charge is 2.18. The molecule has 0 radical (unpaired) electrons. The average molecular weight is 1290 g/mol. The van der Waals surface area contributed by atoms with Gasteiger partial charge < -0.3 is 4.74 Å². The Kier molecular flexibility index (Phi) is 68.6. The molecule has 0 atom stereocenters. The first-order valence-electron chi connectivity index (χ1n) is 37.5. The number of H-pyrrole nitrogens is 1. The number of rotatable bonds is 13. The van der Waals surface area contributed by atoms with Gasteiger partial charge in [0.15, 0.2) is 0 Å². The fraction of sp³-hybridized carbons (Fsp3) is 0.663. The van der Waals surface area contributed by atoms with Crippen molar-refractivity contribution < 1.29 is 4.74 Å². The van der Waals surface area contributed by atoms with Crippen LogP contribution in [-0.4, -0.2) is 45.7 Å². The minimum absolute atomic E-state index is 0.518. The Morgan fingerprint density at radius 3 is 1.16 bits per heavy atom. The molecule has 7 rings (SSSR count). The van der Waals surface area contributed by atoms with Gasteiger partial charge in [-0.05, 0) is 152 Å². The van der Waals surface area contributed by atoms with Crippen LogP contribution < -0.4 is 0 Å². The molecule has 0 bridgehead atoms. The van der Waals surface area contributed by atoms with Crippen LogP contribution in [0, 0.1) is 29.6 Å². The zero-order valence-electron chi connectivity index (χ0n) is 69.4. The summed E-state index contributed by atoms with van der Waals surface area (Å²) in [4.78, 5) is 17.2. The first-order chi connectivity index (χ1) is 44.0. The molecule has 0 unspecified atom stereocenters. The van der Waals surface area contributed by atoms with Gasteiger partial charge in [-0.15, -0.1) is 0 Å². The molecular formula is C86H158N6O. The Balaban J connectivity index is -0.000000180. The number of aromatic nitrogens is 4. The van der Waals surface area contributed by atoms with E-state index in [1.165, 1.54) is 72.8 Å². The maximum atomic E-state index is 5.44. The van der Waals surface area contributed by atoms with Crippen LogP contribution in [0.2, 0.25) is 0 Å². The summed E-state index contributed by atoms with van der Waals surface area (Å²) < 4.78 is 5.44. The number of aromatic amines is 1. The van der Waals surface area contributed by atoms with E-state index in [1.54, 1.807) is 0 Å². The molecule has 0 aliphatic carbocycles. The topological polar surface area (TPSA) is 88.4 Å². The smallest absolute Gasteiger partial charge is 0.106 e. The summed E-state index contributed by atoms with van der Waals surface area (Å²) in [6, 6.07) is 15.0. The number of nitrogens with one attached hydrogen (secondary N) is 1. The van der Waals surface area contributed by atoms with Crippen molar-refractivity contribution in [1.29, 1.82) is 0 Å². The van der Waals surface area contributed by atoms with Gasteiger partial charge in [0.05, 0.1) is 12.7 Å². The molecule has 3 aliphatic rings. The van der Waals surface area contributed by atoms with Crippen molar-refractivity contribution in [3.63, 3.8) is 0 Å². The minimum Gasteiger partial charge on any atom is -0.493 e. The Labute approximate surface area is 582 Å². The van der Waals surface area contributed by atoms with Crippen LogP contribution in [0.1, 0.15) is 382 Å². The van der Waals surface area contributed by atoms with E-state index in [9.17, 15) is 0 Å². The van der Waals surface area contributed by atoms with Crippen molar-refractivity contribution in [2.45, 2.75) is 338 Å². The lowest BCUT2D eigenvalue weighted by Gasteiger charge is -2.17. The number of pyridine rings is 2. The van der Waals surface area contributed by atoms with Gasteiger partial charge in [0.25, 0.3) is 0 Å². The van der Waals surface area contributed by atoms with Crippen LogP contribution in [0.5, 0.6) is 0 Å². The van der Waals surface area contributed by atoms with Crippen LogP contribution in [0.15, 0.2) is 123 Å². The van der Waals surface area contributed by atoms with Gasteiger partial charge in [-0.3, -0.25) is 25.1 Å². The number of hydrogen-bond acceptors (Lipinski definition) is 6. The van der Waals surface area contributed by atoms with Gasteiger partial charge in [0.1, 0.15) is 12.4 Å². The molecule has 0 spiro atoms. The maximum Gasteiger partial charge on any atom is 0.106 e. The van der Waals surface area contributed by atoms with E-state index in [0.29, 0.717) is 76.9 Å². The lowest BCUT2D eigenvalue weighted by molar-refractivity contribution is 0.208. The molecule has 93 heavy (non-hydrogen) atoms. The largest absolute Gasteiger partial charge is 0.493 e. The van der Waals surface area contributed by atoms with Gasteiger partial charge in [-0.2, -0.15) is 5.10 Å². The number of ether oxygens (including phenoxy) is 1. The first kappa shape index (κ1) is 101. The van der Waals surface area contributed by atoms with E-state index >= 15 is 0 Å². The van der Waals surface area contributed by atoms with Crippen molar-refractivity contribution in [3.8, 4) is 0 Å². The second-order valence-corrected chi connectivity index (χ2v) is 25.5. The first-order valence-corrected chi connectivity index (χ1v) is 37.5. The molecule has 1 aromatic carbocycles. The molecule has 0 saturated heterocycles. The lowest BCUT2D eigenvalue weighted by Crippen LogP contribution is -2.05. The molecule has 3 aliphatic heterocycles. The Hall–Kier alpha value is -5.17. The molecule has 7 nitrogen and oxygen atoms in total. The van der Waals surface area contributed by atoms with Crippen LogP contribution in [0.3, 0.4) is 0 Å². The maximum absolute atomic E-state index is 5.44. The van der Waals surface area contributed by atoms with Crippen molar-refractivity contribution >= 4 is 12.4 Å². The van der Waals surface area contributed by atoms with E-state index in [-0.39, 0.29) is 0 Å². The van der Waals surface area contributed by atoms with Crippen LogP contribution >= 0.6 is 0 Å². The predicted molar refractivity (Wildman–Crippen MR) is 428 cm³/mol. The van der Waals surface area contributed by atoms with Gasteiger partial charge in [-0.1, -0.05) is 313 Å².